The number of sulfonamides is 1. The van der Waals surface area contributed by atoms with E-state index in [4.69, 9.17) is 4.74 Å². The first-order valence-corrected chi connectivity index (χ1v) is 8.69. The quantitative estimate of drug-likeness (QED) is 0.880. The Morgan fingerprint density at radius 1 is 1.60 bits per heavy atom. The number of morpholine rings is 1. The molecule has 2 rings (SSSR count). The van der Waals surface area contributed by atoms with Crippen LogP contribution in [0.5, 0.6) is 0 Å². The number of halogens is 1. The predicted octanol–water partition coefficient (Wildman–Crippen LogP) is 1.69. The van der Waals surface area contributed by atoms with Crippen LogP contribution in [0.1, 0.15) is 13.8 Å². The Kier molecular flexibility index (Phi) is 5.00. The molecule has 0 amide bonds. The number of hydrogen-bond donors (Lipinski definition) is 1. The van der Waals surface area contributed by atoms with E-state index in [9.17, 15) is 8.42 Å². The molecule has 8 heteroatoms. The second kappa shape index (κ2) is 6.38. The van der Waals surface area contributed by atoms with Gasteiger partial charge in [0.05, 0.1) is 13.2 Å². The zero-order valence-corrected chi connectivity index (χ0v) is 13.9. The van der Waals surface area contributed by atoms with E-state index < -0.39 is 10.0 Å². The number of hydrogen-bond acceptors (Lipinski definition) is 5. The standard InChI is InChI=1S/C12H18BrN3O3S/c1-3-14-12-11(6-10(13)7-15-12)20(17,18)16-4-5-19-8-9(16)2/h6-7,9H,3-5,8H2,1-2H3,(H,14,15). The summed E-state index contributed by atoms with van der Waals surface area (Å²) >= 11 is 3.28. The molecule has 6 nitrogen and oxygen atoms in total. The van der Waals surface area contributed by atoms with E-state index >= 15 is 0 Å². The Labute approximate surface area is 127 Å². The number of rotatable bonds is 4. The molecule has 2 heterocycles. The van der Waals surface area contributed by atoms with Gasteiger partial charge in [0.25, 0.3) is 0 Å². The van der Waals surface area contributed by atoms with Gasteiger partial charge in [-0.1, -0.05) is 0 Å². The van der Waals surface area contributed by atoms with Crippen LogP contribution in [0.3, 0.4) is 0 Å². The van der Waals surface area contributed by atoms with E-state index in [1.807, 2.05) is 13.8 Å². The van der Waals surface area contributed by atoms with Crippen LogP contribution in [0.25, 0.3) is 0 Å². The minimum atomic E-state index is -3.59. The van der Waals surface area contributed by atoms with Gasteiger partial charge < -0.3 is 10.1 Å². The van der Waals surface area contributed by atoms with E-state index in [0.29, 0.717) is 36.6 Å². The molecule has 1 aliphatic rings. The Morgan fingerprint density at radius 3 is 3.00 bits per heavy atom. The fourth-order valence-corrected chi connectivity index (χ4v) is 4.34. The third-order valence-corrected chi connectivity index (χ3v) is 5.52. The number of nitrogens with one attached hydrogen (secondary N) is 1. The van der Waals surface area contributed by atoms with Crippen molar-refractivity contribution in [2.75, 3.05) is 31.6 Å². The molecule has 0 bridgehead atoms. The van der Waals surface area contributed by atoms with Gasteiger partial charge in [0, 0.05) is 29.8 Å². The fraction of sp³-hybridized carbons (Fsp3) is 0.583. The molecule has 0 radical (unpaired) electrons. The zero-order chi connectivity index (χ0) is 14.8. The lowest BCUT2D eigenvalue weighted by Crippen LogP contribution is -2.47. The van der Waals surface area contributed by atoms with Crippen LogP contribution in [-0.2, 0) is 14.8 Å². The van der Waals surface area contributed by atoms with Crippen molar-refractivity contribution in [1.29, 1.82) is 0 Å². The van der Waals surface area contributed by atoms with E-state index in [0.717, 1.165) is 0 Å². The van der Waals surface area contributed by atoms with Crippen LogP contribution < -0.4 is 5.32 Å². The Bertz CT molecular complexity index is 579. The Balaban J connectivity index is 2.44. The molecule has 0 aromatic carbocycles. The molecule has 1 unspecified atom stereocenters. The number of nitrogens with zero attached hydrogens (tertiary/aromatic N) is 2. The monoisotopic (exact) mass is 363 g/mol. The summed E-state index contributed by atoms with van der Waals surface area (Å²) in [5, 5.41) is 2.99. The Hall–Kier alpha value is -0.700. The predicted molar refractivity (Wildman–Crippen MR) is 80.3 cm³/mol. The van der Waals surface area contributed by atoms with Crippen molar-refractivity contribution >= 4 is 31.8 Å². The highest BCUT2D eigenvalue weighted by atomic mass is 79.9. The number of anilines is 1. The molecular weight excluding hydrogens is 346 g/mol. The summed E-state index contributed by atoms with van der Waals surface area (Å²) in [6, 6.07) is 1.41. The van der Waals surface area contributed by atoms with Crippen LogP contribution in [0.15, 0.2) is 21.6 Å². The average molecular weight is 364 g/mol. The summed E-state index contributed by atoms with van der Waals surface area (Å²) in [7, 11) is -3.59. The highest BCUT2D eigenvalue weighted by Crippen LogP contribution is 2.28. The molecule has 0 saturated carbocycles. The molecule has 1 aromatic rings. The van der Waals surface area contributed by atoms with Crippen LogP contribution in [0.2, 0.25) is 0 Å². The van der Waals surface area contributed by atoms with Crippen LogP contribution in [0, 0.1) is 0 Å². The van der Waals surface area contributed by atoms with Crippen molar-refractivity contribution in [3.8, 4) is 0 Å². The third kappa shape index (κ3) is 3.13. The second-order valence-electron chi connectivity index (χ2n) is 4.57. The molecule has 112 valence electrons. The van der Waals surface area contributed by atoms with E-state index in [1.165, 1.54) is 4.31 Å². The van der Waals surface area contributed by atoms with Gasteiger partial charge in [0.1, 0.15) is 10.7 Å². The summed E-state index contributed by atoms with van der Waals surface area (Å²) in [4.78, 5) is 4.36. The summed E-state index contributed by atoms with van der Waals surface area (Å²) in [6.45, 7) is 5.54. The molecule has 1 aromatic heterocycles. The molecule has 0 aliphatic carbocycles. The molecule has 20 heavy (non-hydrogen) atoms. The molecular formula is C12H18BrN3O3S. The fourth-order valence-electron chi connectivity index (χ4n) is 2.11. The topological polar surface area (TPSA) is 71.5 Å². The lowest BCUT2D eigenvalue weighted by atomic mass is 10.3. The van der Waals surface area contributed by atoms with Crippen molar-refractivity contribution in [2.45, 2.75) is 24.8 Å². The lowest BCUT2D eigenvalue weighted by Gasteiger charge is -2.32. The number of ether oxygens (including phenoxy) is 1. The SMILES string of the molecule is CCNc1ncc(Br)cc1S(=O)(=O)N1CCOCC1C. The molecule has 1 aliphatic heterocycles. The molecule has 1 atom stereocenters. The first kappa shape index (κ1) is 15.7. The van der Waals surface area contributed by atoms with E-state index in [2.05, 4.69) is 26.2 Å². The van der Waals surface area contributed by atoms with E-state index in [-0.39, 0.29) is 10.9 Å². The highest BCUT2D eigenvalue weighted by molar-refractivity contribution is 9.10. The van der Waals surface area contributed by atoms with Gasteiger partial charge in [0.2, 0.25) is 10.0 Å². The van der Waals surface area contributed by atoms with Crippen LogP contribution >= 0.6 is 15.9 Å². The Morgan fingerprint density at radius 2 is 2.35 bits per heavy atom. The van der Waals surface area contributed by atoms with Crippen LogP contribution in [0.4, 0.5) is 5.82 Å². The normalized spacial score (nSPS) is 20.9. The highest BCUT2D eigenvalue weighted by Gasteiger charge is 2.33. The van der Waals surface area contributed by atoms with Gasteiger partial charge in [-0.25, -0.2) is 13.4 Å². The first-order chi connectivity index (χ1) is 9.46. The molecule has 1 saturated heterocycles. The first-order valence-electron chi connectivity index (χ1n) is 6.45. The molecule has 0 spiro atoms. The minimum absolute atomic E-state index is 0.179. The van der Waals surface area contributed by atoms with Gasteiger partial charge in [-0.15, -0.1) is 0 Å². The van der Waals surface area contributed by atoms with Crippen molar-refractivity contribution in [3.63, 3.8) is 0 Å². The van der Waals surface area contributed by atoms with Gasteiger partial charge in [-0.3, -0.25) is 0 Å². The summed E-state index contributed by atoms with van der Waals surface area (Å²) in [6.07, 6.45) is 1.58. The van der Waals surface area contributed by atoms with Gasteiger partial charge in [-0.2, -0.15) is 4.31 Å². The van der Waals surface area contributed by atoms with Gasteiger partial charge in [-0.05, 0) is 35.8 Å². The maximum absolute atomic E-state index is 12.8. The van der Waals surface area contributed by atoms with Crippen molar-refractivity contribution in [1.82, 2.24) is 9.29 Å². The lowest BCUT2D eigenvalue weighted by molar-refractivity contribution is 0.0393. The third-order valence-electron chi connectivity index (χ3n) is 3.06. The maximum atomic E-state index is 12.8. The summed E-state index contributed by atoms with van der Waals surface area (Å²) in [5.41, 5.74) is 0. The number of pyridine rings is 1. The zero-order valence-electron chi connectivity index (χ0n) is 11.5. The second-order valence-corrected chi connectivity index (χ2v) is 7.34. The minimum Gasteiger partial charge on any atom is -0.378 e. The molecule has 1 fully saturated rings. The average Bonchev–Trinajstić information content (AvgIpc) is 2.41. The largest absolute Gasteiger partial charge is 0.378 e. The van der Waals surface area contributed by atoms with Gasteiger partial charge >= 0.3 is 0 Å². The maximum Gasteiger partial charge on any atom is 0.247 e. The van der Waals surface area contributed by atoms with Gasteiger partial charge in [0.15, 0.2) is 0 Å². The number of aromatic nitrogens is 1. The summed E-state index contributed by atoms with van der Waals surface area (Å²) in [5.74, 6) is 0.384. The van der Waals surface area contributed by atoms with E-state index in [1.54, 1.807) is 12.3 Å². The van der Waals surface area contributed by atoms with Crippen LogP contribution in [-0.4, -0.2) is 50.1 Å². The van der Waals surface area contributed by atoms with Crippen molar-refractivity contribution in [3.05, 3.63) is 16.7 Å². The van der Waals surface area contributed by atoms with Crippen molar-refractivity contribution in [2.24, 2.45) is 0 Å². The smallest absolute Gasteiger partial charge is 0.247 e. The molecule has 1 N–H and O–H groups in total. The van der Waals surface area contributed by atoms with Crippen molar-refractivity contribution < 1.29 is 13.2 Å². The summed E-state index contributed by atoms with van der Waals surface area (Å²) < 4.78 is 33.0.